The number of hydrogen-bond donors (Lipinski definition) is 1. The second-order valence-electron chi connectivity index (χ2n) is 5.30. The van der Waals surface area contributed by atoms with Crippen molar-refractivity contribution >= 4 is 11.6 Å². The lowest BCUT2D eigenvalue weighted by Gasteiger charge is -2.30. The standard InChI is InChI=1S/C13H20N4/c1-8-12(14-3)15-9(2)16-13(8)17-7-10-4-5-11(17)6-10/h10-11H,4-7H2,1-3H3,(H,14,15,16). The number of nitrogens with zero attached hydrogens (tertiary/aromatic N) is 3. The molecule has 92 valence electrons. The van der Waals surface area contributed by atoms with E-state index in [1.807, 2.05) is 14.0 Å². The highest BCUT2D eigenvalue weighted by Gasteiger charge is 2.39. The molecule has 4 heteroatoms. The highest BCUT2D eigenvalue weighted by molar-refractivity contribution is 5.59. The normalized spacial score (nSPS) is 26.6. The average molecular weight is 232 g/mol. The number of anilines is 2. The summed E-state index contributed by atoms with van der Waals surface area (Å²) < 4.78 is 0. The van der Waals surface area contributed by atoms with Crippen LogP contribution >= 0.6 is 0 Å². The molecule has 1 aromatic rings. The first kappa shape index (κ1) is 10.8. The number of piperidine rings is 1. The molecule has 2 aliphatic rings. The van der Waals surface area contributed by atoms with Crippen molar-refractivity contribution in [3.63, 3.8) is 0 Å². The van der Waals surface area contributed by atoms with Gasteiger partial charge in [0.05, 0.1) is 0 Å². The Morgan fingerprint density at radius 1 is 1.24 bits per heavy atom. The van der Waals surface area contributed by atoms with Gasteiger partial charge < -0.3 is 10.2 Å². The summed E-state index contributed by atoms with van der Waals surface area (Å²) in [7, 11) is 1.93. The molecule has 3 rings (SSSR count). The molecule has 1 aromatic heterocycles. The first-order valence-corrected chi connectivity index (χ1v) is 6.48. The fourth-order valence-corrected chi connectivity index (χ4v) is 3.32. The van der Waals surface area contributed by atoms with Crippen LogP contribution in [0.25, 0.3) is 0 Å². The highest BCUT2D eigenvalue weighted by Crippen LogP contribution is 2.41. The Morgan fingerprint density at radius 2 is 2.06 bits per heavy atom. The number of fused-ring (bicyclic) bond motifs is 2. The number of hydrogen-bond acceptors (Lipinski definition) is 4. The predicted octanol–water partition coefficient (Wildman–Crippen LogP) is 2.12. The molecule has 0 amide bonds. The first-order valence-electron chi connectivity index (χ1n) is 6.48. The van der Waals surface area contributed by atoms with E-state index in [1.165, 1.54) is 31.4 Å². The molecule has 1 saturated carbocycles. The zero-order valence-electron chi connectivity index (χ0n) is 10.8. The van der Waals surface area contributed by atoms with Crippen molar-refractivity contribution in [3.8, 4) is 0 Å². The van der Waals surface area contributed by atoms with Crippen molar-refractivity contribution in [2.75, 3.05) is 23.8 Å². The predicted molar refractivity (Wildman–Crippen MR) is 69.5 cm³/mol. The van der Waals surface area contributed by atoms with Crippen LogP contribution in [0, 0.1) is 19.8 Å². The molecule has 2 atom stereocenters. The molecule has 0 spiro atoms. The molecule has 1 aliphatic heterocycles. The van der Waals surface area contributed by atoms with Crippen molar-refractivity contribution < 1.29 is 0 Å². The number of nitrogens with one attached hydrogen (secondary N) is 1. The van der Waals surface area contributed by atoms with Gasteiger partial charge in [0.2, 0.25) is 0 Å². The van der Waals surface area contributed by atoms with E-state index in [4.69, 9.17) is 0 Å². The van der Waals surface area contributed by atoms with Crippen LogP contribution in [0.15, 0.2) is 0 Å². The van der Waals surface area contributed by atoms with Crippen molar-refractivity contribution in [2.45, 2.75) is 39.2 Å². The van der Waals surface area contributed by atoms with Crippen LogP contribution in [0.3, 0.4) is 0 Å². The third-order valence-corrected chi connectivity index (χ3v) is 4.15. The summed E-state index contributed by atoms with van der Waals surface area (Å²) in [6, 6.07) is 0.720. The first-order chi connectivity index (χ1) is 8.19. The van der Waals surface area contributed by atoms with Crippen molar-refractivity contribution in [1.29, 1.82) is 0 Å². The fraction of sp³-hybridized carbons (Fsp3) is 0.692. The quantitative estimate of drug-likeness (QED) is 0.848. The summed E-state index contributed by atoms with van der Waals surface area (Å²) in [5.41, 5.74) is 1.19. The third-order valence-electron chi connectivity index (χ3n) is 4.15. The number of rotatable bonds is 2. The van der Waals surface area contributed by atoms with E-state index in [0.29, 0.717) is 0 Å². The van der Waals surface area contributed by atoms with Gasteiger partial charge in [-0.15, -0.1) is 0 Å². The van der Waals surface area contributed by atoms with Crippen molar-refractivity contribution in [2.24, 2.45) is 5.92 Å². The zero-order chi connectivity index (χ0) is 12.0. The maximum Gasteiger partial charge on any atom is 0.137 e. The topological polar surface area (TPSA) is 41.1 Å². The van der Waals surface area contributed by atoms with Gasteiger partial charge in [-0.25, -0.2) is 9.97 Å². The maximum atomic E-state index is 4.66. The summed E-state index contributed by atoms with van der Waals surface area (Å²) in [6.45, 7) is 5.27. The lowest BCUT2D eigenvalue weighted by Crippen LogP contribution is -2.33. The van der Waals surface area contributed by atoms with Gasteiger partial charge in [0.15, 0.2) is 0 Å². The van der Waals surface area contributed by atoms with E-state index in [-0.39, 0.29) is 0 Å². The number of aromatic nitrogens is 2. The molecule has 2 heterocycles. The van der Waals surface area contributed by atoms with Crippen LogP contribution in [0.2, 0.25) is 0 Å². The Morgan fingerprint density at radius 3 is 2.65 bits per heavy atom. The van der Waals surface area contributed by atoms with E-state index < -0.39 is 0 Å². The van der Waals surface area contributed by atoms with Crippen LogP contribution in [-0.2, 0) is 0 Å². The summed E-state index contributed by atoms with van der Waals surface area (Å²) in [5, 5.41) is 3.17. The van der Waals surface area contributed by atoms with Gasteiger partial charge >= 0.3 is 0 Å². The maximum absolute atomic E-state index is 4.66. The molecule has 1 aliphatic carbocycles. The zero-order valence-corrected chi connectivity index (χ0v) is 10.8. The molecule has 4 nitrogen and oxygen atoms in total. The molecule has 2 unspecified atom stereocenters. The van der Waals surface area contributed by atoms with Gasteiger partial charge in [0.1, 0.15) is 17.5 Å². The minimum absolute atomic E-state index is 0.720. The Balaban J connectivity index is 2.00. The second-order valence-corrected chi connectivity index (χ2v) is 5.30. The number of aryl methyl sites for hydroxylation is 1. The van der Waals surface area contributed by atoms with Gasteiger partial charge in [0, 0.05) is 25.2 Å². The SMILES string of the molecule is CNc1nc(C)nc(N2CC3CCC2C3)c1C. The molecule has 17 heavy (non-hydrogen) atoms. The Kier molecular flexibility index (Phi) is 2.45. The van der Waals surface area contributed by atoms with E-state index in [2.05, 4.69) is 27.1 Å². The van der Waals surface area contributed by atoms with E-state index >= 15 is 0 Å². The Hall–Kier alpha value is -1.32. The van der Waals surface area contributed by atoms with E-state index in [1.54, 1.807) is 0 Å². The molecular formula is C13H20N4. The molecular weight excluding hydrogens is 212 g/mol. The minimum Gasteiger partial charge on any atom is -0.373 e. The van der Waals surface area contributed by atoms with Crippen LogP contribution in [-0.4, -0.2) is 29.6 Å². The summed E-state index contributed by atoms with van der Waals surface area (Å²) >= 11 is 0. The molecule has 1 N–H and O–H groups in total. The van der Waals surface area contributed by atoms with Gasteiger partial charge in [-0.2, -0.15) is 0 Å². The van der Waals surface area contributed by atoms with Crippen LogP contribution in [0.1, 0.15) is 30.7 Å². The summed E-state index contributed by atoms with van der Waals surface area (Å²) in [6.07, 6.45) is 4.10. The van der Waals surface area contributed by atoms with Crippen molar-refractivity contribution in [3.05, 3.63) is 11.4 Å². The minimum atomic E-state index is 0.720. The monoisotopic (exact) mass is 232 g/mol. The molecule has 0 aromatic carbocycles. The van der Waals surface area contributed by atoms with Gasteiger partial charge in [-0.05, 0) is 39.0 Å². The van der Waals surface area contributed by atoms with E-state index in [0.717, 1.165) is 29.4 Å². The summed E-state index contributed by atoms with van der Waals surface area (Å²) in [4.78, 5) is 11.6. The Bertz CT molecular complexity index is 443. The largest absolute Gasteiger partial charge is 0.373 e. The second kappa shape index (κ2) is 3.86. The lowest BCUT2D eigenvalue weighted by atomic mass is 10.1. The Labute approximate surface area is 102 Å². The van der Waals surface area contributed by atoms with Gasteiger partial charge in [-0.1, -0.05) is 0 Å². The lowest BCUT2D eigenvalue weighted by molar-refractivity contribution is 0.549. The smallest absolute Gasteiger partial charge is 0.137 e. The molecule has 1 saturated heterocycles. The van der Waals surface area contributed by atoms with Crippen LogP contribution in [0.4, 0.5) is 11.6 Å². The van der Waals surface area contributed by atoms with Gasteiger partial charge in [0.25, 0.3) is 0 Å². The molecule has 0 radical (unpaired) electrons. The van der Waals surface area contributed by atoms with E-state index in [9.17, 15) is 0 Å². The molecule has 2 fully saturated rings. The third kappa shape index (κ3) is 1.66. The summed E-state index contributed by atoms with van der Waals surface area (Å²) in [5.74, 6) is 3.87. The average Bonchev–Trinajstić information content (AvgIpc) is 2.93. The van der Waals surface area contributed by atoms with Crippen LogP contribution in [0.5, 0.6) is 0 Å². The van der Waals surface area contributed by atoms with Crippen LogP contribution < -0.4 is 10.2 Å². The van der Waals surface area contributed by atoms with Crippen molar-refractivity contribution in [1.82, 2.24) is 9.97 Å². The molecule has 2 bridgehead atoms. The highest BCUT2D eigenvalue weighted by atomic mass is 15.3. The van der Waals surface area contributed by atoms with Gasteiger partial charge in [-0.3, -0.25) is 0 Å². The fourth-order valence-electron chi connectivity index (χ4n) is 3.32.